The molecule has 0 aliphatic heterocycles. The molecule has 0 atom stereocenters. The lowest BCUT2D eigenvalue weighted by Gasteiger charge is -2.26. The van der Waals surface area contributed by atoms with Gasteiger partial charge in [-0.1, -0.05) is 121 Å². The van der Waals surface area contributed by atoms with E-state index in [1.54, 1.807) is 12.1 Å². The van der Waals surface area contributed by atoms with Crippen LogP contribution in [0, 0.1) is 0 Å². The highest BCUT2D eigenvalue weighted by Crippen LogP contribution is 2.40. The average molecular weight is 620 g/mol. The molecule has 0 saturated heterocycles. The number of aromatic nitrogens is 4. The Labute approximate surface area is 278 Å². The van der Waals surface area contributed by atoms with Crippen LogP contribution in [0.1, 0.15) is 0 Å². The molecule has 1 N–H and O–H groups in total. The number of anilines is 3. The first-order valence-electron chi connectivity index (χ1n) is 15.7. The summed E-state index contributed by atoms with van der Waals surface area (Å²) in [6, 6.07) is 54.2. The summed E-state index contributed by atoms with van der Waals surface area (Å²) in [6.45, 7) is 0. The van der Waals surface area contributed by atoms with Crippen LogP contribution in [0.2, 0.25) is 0 Å². The van der Waals surface area contributed by atoms with Crippen LogP contribution in [0.3, 0.4) is 0 Å². The molecular weight excluding hydrogens is 590 g/mol. The van der Waals surface area contributed by atoms with E-state index in [1.165, 1.54) is 0 Å². The lowest BCUT2D eigenvalue weighted by Crippen LogP contribution is -2.12. The summed E-state index contributed by atoms with van der Waals surface area (Å²) < 4.78 is 0. The normalized spacial score (nSPS) is 11.0. The fourth-order valence-electron chi connectivity index (χ4n) is 5.94. The molecular formula is C42H29N5O. The number of pyridine rings is 1. The van der Waals surface area contributed by atoms with Crippen molar-refractivity contribution in [2.45, 2.75) is 0 Å². The van der Waals surface area contributed by atoms with Crippen molar-refractivity contribution in [3.05, 3.63) is 170 Å². The third-order valence-corrected chi connectivity index (χ3v) is 8.26. The van der Waals surface area contributed by atoms with E-state index in [0.29, 0.717) is 23.0 Å². The third-order valence-electron chi connectivity index (χ3n) is 8.26. The van der Waals surface area contributed by atoms with Crippen molar-refractivity contribution in [1.82, 2.24) is 19.9 Å². The van der Waals surface area contributed by atoms with Crippen molar-refractivity contribution in [3.63, 3.8) is 0 Å². The standard InChI is InChI=1S/C42H29N5O/c48-38-24-10-9-22-36(38)42-45-40(31-16-5-2-6-17-31)44-41(46-42)33-19-11-20-34(27-33)47(37-23-12-18-30-15-7-8-21-35(30)37)39-28-32(25-26-43-39)29-13-3-1-4-14-29/h1-28,48H. The van der Waals surface area contributed by atoms with E-state index in [0.717, 1.165) is 50.2 Å². The van der Waals surface area contributed by atoms with Crippen LogP contribution in [0.5, 0.6) is 5.75 Å². The van der Waals surface area contributed by atoms with E-state index < -0.39 is 0 Å². The van der Waals surface area contributed by atoms with Crippen LogP contribution in [0.15, 0.2) is 170 Å². The lowest BCUT2D eigenvalue weighted by molar-refractivity contribution is 0.477. The minimum atomic E-state index is 0.105. The van der Waals surface area contributed by atoms with E-state index in [1.807, 2.05) is 85.1 Å². The van der Waals surface area contributed by atoms with Gasteiger partial charge in [0.05, 0.1) is 11.3 Å². The fourth-order valence-corrected chi connectivity index (χ4v) is 5.94. The van der Waals surface area contributed by atoms with Crippen molar-refractivity contribution < 1.29 is 5.11 Å². The molecule has 0 spiro atoms. The molecule has 0 radical (unpaired) electrons. The molecule has 0 bridgehead atoms. The van der Waals surface area contributed by atoms with Gasteiger partial charge >= 0.3 is 0 Å². The zero-order valence-electron chi connectivity index (χ0n) is 25.8. The predicted octanol–water partition coefficient (Wildman–Crippen LogP) is 10.3. The Hall–Kier alpha value is -6.66. The molecule has 6 heteroatoms. The van der Waals surface area contributed by atoms with E-state index >= 15 is 0 Å². The van der Waals surface area contributed by atoms with Gasteiger partial charge < -0.3 is 5.11 Å². The Kier molecular flexibility index (Phi) is 7.57. The summed E-state index contributed by atoms with van der Waals surface area (Å²) >= 11 is 0. The van der Waals surface area contributed by atoms with Crippen LogP contribution < -0.4 is 4.90 Å². The monoisotopic (exact) mass is 619 g/mol. The summed E-state index contributed by atoms with van der Waals surface area (Å²) in [6.07, 6.45) is 1.86. The van der Waals surface area contributed by atoms with Crippen LogP contribution in [-0.4, -0.2) is 25.0 Å². The van der Waals surface area contributed by atoms with Crippen molar-refractivity contribution in [2.75, 3.05) is 4.90 Å². The summed E-state index contributed by atoms with van der Waals surface area (Å²) in [4.78, 5) is 21.7. The number of nitrogens with zero attached hydrogens (tertiary/aromatic N) is 5. The second-order valence-corrected chi connectivity index (χ2v) is 11.3. The molecule has 0 fully saturated rings. The molecule has 0 aliphatic carbocycles. The van der Waals surface area contributed by atoms with Gasteiger partial charge in [0.2, 0.25) is 0 Å². The maximum Gasteiger partial charge on any atom is 0.167 e. The van der Waals surface area contributed by atoms with Gasteiger partial charge in [-0.05, 0) is 59.0 Å². The van der Waals surface area contributed by atoms with Crippen LogP contribution in [0.25, 0.3) is 56.1 Å². The molecule has 0 saturated carbocycles. The molecule has 0 aliphatic rings. The highest BCUT2D eigenvalue weighted by atomic mass is 16.3. The lowest BCUT2D eigenvalue weighted by atomic mass is 10.0. The SMILES string of the molecule is Oc1ccccc1-c1nc(-c2ccccc2)nc(-c2cccc(N(c3cc(-c4ccccc4)ccn3)c3cccc4ccccc34)c2)n1. The molecule has 48 heavy (non-hydrogen) atoms. The number of hydrogen-bond acceptors (Lipinski definition) is 6. The van der Waals surface area contributed by atoms with Gasteiger partial charge in [0, 0.05) is 28.4 Å². The number of phenols is 1. The number of phenolic OH excluding ortho intramolecular Hbond substituents is 1. The predicted molar refractivity (Wildman–Crippen MR) is 193 cm³/mol. The van der Waals surface area contributed by atoms with Crippen LogP contribution >= 0.6 is 0 Å². The highest BCUT2D eigenvalue weighted by molar-refractivity contribution is 5.99. The molecule has 6 nitrogen and oxygen atoms in total. The van der Waals surface area contributed by atoms with Gasteiger partial charge in [-0.25, -0.2) is 19.9 Å². The van der Waals surface area contributed by atoms with Crippen LogP contribution in [0.4, 0.5) is 17.2 Å². The molecule has 228 valence electrons. The van der Waals surface area contributed by atoms with E-state index in [4.69, 9.17) is 19.9 Å². The summed E-state index contributed by atoms with van der Waals surface area (Å²) in [7, 11) is 0. The fraction of sp³-hybridized carbons (Fsp3) is 0. The first-order chi connectivity index (χ1) is 23.7. The molecule has 0 amide bonds. The molecule has 8 rings (SSSR count). The topological polar surface area (TPSA) is 75.0 Å². The maximum absolute atomic E-state index is 10.7. The van der Waals surface area contributed by atoms with Crippen molar-refractivity contribution >= 4 is 28.0 Å². The first kappa shape index (κ1) is 28.8. The highest BCUT2D eigenvalue weighted by Gasteiger charge is 2.20. The van der Waals surface area contributed by atoms with Crippen molar-refractivity contribution in [3.8, 4) is 51.0 Å². The molecule has 8 aromatic rings. The van der Waals surface area contributed by atoms with Gasteiger partial charge in [0.25, 0.3) is 0 Å². The molecule has 2 aromatic heterocycles. The zero-order valence-corrected chi connectivity index (χ0v) is 25.8. The minimum absolute atomic E-state index is 0.105. The largest absolute Gasteiger partial charge is 0.507 e. The van der Waals surface area contributed by atoms with E-state index in [9.17, 15) is 5.11 Å². The second kappa shape index (κ2) is 12.6. The number of benzene rings is 6. The van der Waals surface area contributed by atoms with Gasteiger partial charge in [-0.3, -0.25) is 4.90 Å². The summed E-state index contributed by atoms with van der Waals surface area (Å²) in [5.41, 5.74) is 6.27. The van der Waals surface area contributed by atoms with Gasteiger partial charge in [0.1, 0.15) is 11.6 Å². The maximum atomic E-state index is 10.7. The third kappa shape index (κ3) is 5.63. The number of hydrogen-bond donors (Lipinski definition) is 1. The van der Waals surface area contributed by atoms with Crippen LogP contribution in [-0.2, 0) is 0 Å². The number of aromatic hydroxyl groups is 1. The first-order valence-corrected chi connectivity index (χ1v) is 15.7. The number of rotatable bonds is 7. The Morgan fingerprint density at radius 3 is 1.90 bits per heavy atom. The Morgan fingerprint density at radius 2 is 1.08 bits per heavy atom. The summed E-state index contributed by atoms with van der Waals surface area (Å²) in [5.74, 6) is 2.29. The van der Waals surface area contributed by atoms with E-state index in [-0.39, 0.29) is 5.75 Å². The zero-order chi connectivity index (χ0) is 32.3. The minimum Gasteiger partial charge on any atom is -0.507 e. The molecule has 0 unspecified atom stereocenters. The second-order valence-electron chi connectivity index (χ2n) is 11.3. The summed E-state index contributed by atoms with van der Waals surface area (Å²) in [5, 5.41) is 13.0. The van der Waals surface area contributed by atoms with Crippen molar-refractivity contribution in [2.24, 2.45) is 0 Å². The molecule has 6 aromatic carbocycles. The quantitative estimate of drug-likeness (QED) is 0.191. The van der Waals surface area contributed by atoms with Gasteiger partial charge in [-0.15, -0.1) is 0 Å². The van der Waals surface area contributed by atoms with Crippen molar-refractivity contribution in [1.29, 1.82) is 0 Å². The van der Waals surface area contributed by atoms with E-state index in [2.05, 4.69) is 77.7 Å². The number of para-hydroxylation sites is 1. The average Bonchev–Trinajstić information content (AvgIpc) is 3.16. The Bertz CT molecular complexity index is 2370. The van der Waals surface area contributed by atoms with Gasteiger partial charge in [-0.2, -0.15) is 0 Å². The molecule has 2 heterocycles. The van der Waals surface area contributed by atoms with Gasteiger partial charge in [0.15, 0.2) is 17.5 Å². The Balaban J connectivity index is 1.32. The number of fused-ring (bicyclic) bond motifs is 1. The smallest absolute Gasteiger partial charge is 0.167 e. The Morgan fingerprint density at radius 1 is 0.458 bits per heavy atom.